The summed E-state index contributed by atoms with van der Waals surface area (Å²) in [6.07, 6.45) is 58.5. The number of hydrogen-bond acceptors (Lipinski definition) is 8. The third kappa shape index (κ3) is 26.4. The first kappa shape index (κ1) is 105. The van der Waals surface area contributed by atoms with Crippen molar-refractivity contribution in [2.24, 2.45) is 94.1 Å². The van der Waals surface area contributed by atoms with Gasteiger partial charge in [0.25, 0.3) is 0 Å². The second-order valence-electron chi connectivity index (χ2n) is 41.5. The van der Waals surface area contributed by atoms with Crippen LogP contribution >= 0.6 is 30.1 Å². The van der Waals surface area contributed by atoms with Crippen molar-refractivity contribution in [3.63, 3.8) is 0 Å². The summed E-state index contributed by atoms with van der Waals surface area (Å²) >= 11 is -1.72. The van der Waals surface area contributed by atoms with Gasteiger partial charge in [-0.3, -0.25) is 33.1 Å². The molecule has 4 bridgehead atoms. The molecular formula is C98H166AlCl3O10S. The number of carbonyl (C=O) groups is 6. The Balaban J connectivity index is 0.000000340. The van der Waals surface area contributed by atoms with Crippen molar-refractivity contribution >= 4 is 87.6 Å². The lowest BCUT2D eigenvalue weighted by Crippen LogP contribution is -2.55. The molecule has 11 aliphatic rings. The van der Waals surface area contributed by atoms with Gasteiger partial charge in [-0.2, -0.15) is 8.42 Å². The Hall–Kier alpha value is -2.27. The van der Waals surface area contributed by atoms with Crippen molar-refractivity contribution in [1.82, 2.24) is 0 Å². The SMILES string of the molecule is C=C(C=O)CCC.C=CC(=C)CCC=C(C)C.CCCC1(C=O)CC=C(CCC=C(C)C)CC1.CCC[C@]1(C)CC[C@@]2(C)[C@@H](CCCC2(C)C)C1=O.CCC[C@]1(C)CC[C@@]2(C)[C@H](CCCC2(C)C)C1=O.CCC[C@]12CC[C@]3(C1)[C@@H](CCCC3(C)C)C2=O.CCC[C@]12CC[C@]3(C1)[C@H](CCCC3(C)C)C2=O.O=S(=O)(O)O.[Cl][Al]([Cl])[Cl]. The van der Waals surface area contributed by atoms with Gasteiger partial charge in [0.2, 0.25) is 0 Å². The predicted molar refractivity (Wildman–Crippen MR) is 482 cm³/mol. The van der Waals surface area contributed by atoms with E-state index in [2.05, 4.69) is 183 Å². The molecule has 113 heavy (non-hydrogen) atoms. The average Bonchev–Trinajstić information content (AvgIpc) is 1.47. The van der Waals surface area contributed by atoms with Crippen molar-refractivity contribution in [3.05, 3.63) is 71.9 Å². The van der Waals surface area contributed by atoms with Gasteiger partial charge in [0, 0.05) is 50.7 Å². The Kier molecular flexibility index (Phi) is 41.3. The van der Waals surface area contributed by atoms with E-state index in [1.54, 1.807) is 5.57 Å². The van der Waals surface area contributed by atoms with Gasteiger partial charge in [-0.25, -0.2) is 30.1 Å². The summed E-state index contributed by atoms with van der Waals surface area (Å²) < 4.78 is 31.6. The maximum atomic E-state index is 13.0. The Bertz CT molecular complexity index is 3220. The topological polar surface area (TPSA) is 177 Å². The Morgan fingerprint density at radius 3 is 1.14 bits per heavy atom. The zero-order valence-corrected chi connectivity index (χ0v) is 80.4. The molecule has 2 spiro atoms. The minimum atomic E-state index is -4.67. The molecule has 648 valence electrons. The second-order valence-corrected chi connectivity index (χ2v) is 48.8. The number of hydrogen-bond donors (Lipinski definition) is 2. The monoisotopic (exact) mass is 1670 g/mol. The molecule has 0 radical (unpaired) electrons. The molecule has 0 saturated heterocycles. The number of fused-ring (bicyclic) bond motifs is 4. The number of rotatable bonds is 21. The number of halogens is 3. The third-order valence-corrected chi connectivity index (χ3v) is 32.0. The molecule has 0 aromatic rings. The number of Topliss-reactive ketones (excluding diaryl/α,β-unsaturated/α-hetero) is 4. The zero-order valence-electron chi connectivity index (χ0n) is 76.2. The predicted octanol–water partition coefficient (Wildman–Crippen LogP) is 29.6. The van der Waals surface area contributed by atoms with E-state index in [1.807, 2.05) is 13.0 Å². The van der Waals surface area contributed by atoms with Crippen LogP contribution in [0.1, 0.15) is 416 Å². The van der Waals surface area contributed by atoms with Gasteiger partial charge in [0.1, 0.15) is 35.7 Å². The van der Waals surface area contributed by atoms with Crippen molar-refractivity contribution < 1.29 is 46.3 Å². The van der Waals surface area contributed by atoms with Crippen molar-refractivity contribution in [3.8, 4) is 0 Å². The van der Waals surface area contributed by atoms with Crippen LogP contribution in [-0.2, 0) is 39.2 Å². The smallest absolute Gasteiger partial charge is 0.303 e. The molecule has 10 saturated carbocycles. The standard InChI is InChI=1S/2C17H30O.3C16H26O.C10H16.C6H10O.Al.3ClH.H2O4S/c2*1-6-9-16(4)11-12-17(5)13(14(16)18)8-7-10-15(17,2)3;2*1-4-7-15-9-10-16(11-15)12(13(15)17)6-5-8-14(16,2)3;1-4-10-16(13-17)11-8-15(9-12-16)7-5-6-14(2)3;1-5-10(4)8-6-7-9(2)3;1-3-4-6(2)5-7;;;;;1-5(2,3)4/h2*13H,6-12H2,1-5H3;2*12H,4-11H2,1-3H3;6,8,13H,4-5,7,9-12H2,1-3H3;5,7H,1,4,6,8H2,2-3H3;5H,2-4H2,1H3;;3*1H;(H2,1,2,3,4)/q;;;;;;;+3;;;;/p-3/t13-,16+,17-;13-,16-,17+;12-,15+,16+;12-,15-,16-;;;;;;;;/m0110......../s1. The molecule has 0 aliphatic heterocycles. The molecule has 0 aromatic heterocycles. The normalized spacial score (nSPS) is 33.7. The van der Waals surface area contributed by atoms with Gasteiger partial charge in [0.15, 0.2) is 0 Å². The van der Waals surface area contributed by atoms with Crippen molar-refractivity contribution in [1.29, 1.82) is 0 Å². The summed E-state index contributed by atoms with van der Waals surface area (Å²) in [7, 11) is 10.2. The maximum absolute atomic E-state index is 13.0. The first-order valence-corrected chi connectivity index (χ1v) is 51.6. The summed E-state index contributed by atoms with van der Waals surface area (Å²) in [5, 5.41) is 0. The van der Waals surface area contributed by atoms with Crippen molar-refractivity contribution in [2.75, 3.05) is 0 Å². The molecule has 0 heterocycles. The van der Waals surface area contributed by atoms with E-state index in [-0.39, 0.29) is 37.9 Å². The summed E-state index contributed by atoms with van der Waals surface area (Å²) in [5.74, 6) is 4.00. The third-order valence-electron chi connectivity index (χ3n) is 32.0. The molecule has 10 nitrogen and oxygen atoms in total. The van der Waals surface area contributed by atoms with E-state index >= 15 is 0 Å². The summed E-state index contributed by atoms with van der Waals surface area (Å²) in [5.41, 5.74) is 9.02. The Morgan fingerprint density at radius 2 is 0.841 bits per heavy atom. The molecule has 15 heteroatoms. The number of allylic oxidation sites excluding steroid dienone is 9. The van der Waals surface area contributed by atoms with Crippen LogP contribution < -0.4 is 0 Å². The molecule has 13 atom stereocenters. The van der Waals surface area contributed by atoms with Gasteiger partial charge < -0.3 is 4.79 Å². The average molecular weight is 1670 g/mol. The minimum Gasteiger partial charge on any atom is -0.303 e. The lowest BCUT2D eigenvalue weighted by molar-refractivity contribution is -0.156. The van der Waals surface area contributed by atoms with Crippen LogP contribution in [0.15, 0.2) is 71.9 Å². The first-order valence-electron chi connectivity index (χ1n) is 44.9. The largest absolute Gasteiger partial charge is 0.643 e. The van der Waals surface area contributed by atoms with Crippen LogP contribution in [0, 0.1) is 94.1 Å². The van der Waals surface area contributed by atoms with Gasteiger partial charge in [-0.15, -0.1) is 0 Å². The highest BCUT2D eigenvalue weighted by Gasteiger charge is 2.71. The van der Waals surface area contributed by atoms with Gasteiger partial charge in [-0.05, 0) is 276 Å². The quantitative estimate of drug-likeness (QED) is 0.0281. The molecule has 0 aromatic carbocycles. The fraction of sp³-hybridized carbons (Fsp3) is 0.816. The first-order chi connectivity index (χ1) is 52.3. The van der Waals surface area contributed by atoms with Crippen LogP contribution in [0.2, 0.25) is 0 Å². The second kappa shape index (κ2) is 44.5. The molecular weight excluding hydrogens is 1500 g/mol. The van der Waals surface area contributed by atoms with Crippen LogP contribution in [0.4, 0.5) is 0 Å². The van der Waals surface area contributed by atoms with E-state index in [4.69, 9.17) is 47.7 Å². The Morgan fingerprint density at radius 1 is 0.478 bits per heavy atom. The van der Waals surface area contributed by atoms with E-state index in [0.717, 1.165) is 140 Å². The maximum Gasteiger partial charge on any atom is 0.643 e. The lowest BCUT2D eigenvalue weighted by Gasteiger charge is -2.58. The van der Waals surface area contributed by atoms with Crippen LogP contribution in [0.5, 0.6) is 0 Å². The van der Waals surface area contributed by atoms with Gasteiger partial charge in [-0.1, -0.05) is 255 Å². The zero-order chi connectivity index (χ0) is 86.3. The molecule has 1 unspecified atom stereocenters. The van der Waals surface area contributed by atoms with Crippen molar-refractivity contribution in [2.45, 2.75) is 416 Å². The lowest BCUT2D eigenvalue weighted by atomic mass is 9.45. The summed E-state index contributed by atoms with van der Waals surface area (Å²) in [6, 6.07) is 0. The Labute approximate surface area is 710 Å². The van der Waals surface area contributed by atoms with Crippen LogP contribution in [-0.4, -0.2) is 64.6 Å². The molecule has 10 fully saturated rings. The fourth-order valence-electron chi connectivity index (χ4n) is 24.2. The summed E-state index contributed by atoms with van der Waals surface area (Å²) in [6.45, 7) is 61.0. The number of ketones is 4. The van der Waals surface area contributed by atoms with E-state index in [0.29, 0.717) is 84.9 Å². The molecule has 0 amide bonds. The highest BCUT2D eigenvalue weighted by molar-refractivity contribution is 7.79. The molecule has 11 aliphatic carbocycles. The number of carbonyl (C=O) groups excluding carboxylic acids is 6. The van der Waals surface area contributed by atoms with Gasteiger partial charge >= 0.3 is 21.8 Å². The highest BCUT2D eigenvalue weighted by atomic mass is 35.8. The van der Waals surface area contributed by atoms with Crippen LogP contribution in [0.25, 0.3) is 0 Å². The minimum absolute atomic E-state index is 0.0215. The molecule has 2 N–H and O–H groups in total. The van der Waals surface area contributed by atoms with E-state index in [1.165, 1.54) is 152 Å². The fourth-order valence-corrected chi connectivity index (χ4v) is 24.2. The molecule has 11 rings (SSSR count). The number of aldehydes is 2. The van der Waals surface area contributed by atoms with Crippen LogP contribution in [0.3, 0.4) is 0 Å². The van der Waals surface area contributed by atoms with E-state index < -0.39 is 21.8 Å². The summed E-state index contributed by atoms with van der Waals surface area (Å²) in [4.78, 5) is 72.6. The van der Waals surface area contributed by atoms with Gasteiger partial charge in [0.05, 0.1) is 0 Å². The highest BCUT2D eigenvalue weighted by Crippen LogP contribution is 2.75. The van der Waals surface area contributed by atoms with E-state index in [9.17, 15) is 28.8 Å².